The minimum absolute atomic E-state index is 0.0168. The average molecular weight is 1110 g/mol. The molecule has 3 N–H and O–H groups in total. The number of hydrogen-bond donors (Lipinski definition) is 3. The van der Waals surface area contributed by atoms with Crippen molar-refractivity contribution in [3.05, 3.63) is 24.3 Å². The summed E-state index contributed by atoms with van der Waals surface area (Å²) in [5.41, 5.74) is 0. The number of hydrogen-bond acceptors (Lipinski definition) is 5. The summed E-state index contributed by atoms with van der Waals surface area (Å²) in [6.07, 6.45) is 86.6. The van der Waals surface area contributed by atoms with Gasteiger partial charge in [-0.25, -0.2) is 0 Å². The van der Waals surface area contributed by atoms with Crippen LogP contribution in [0.25, 0.3) is 0 Å². The van der Waals surface area contributed by atoms with Crippen LogP contribution in [0.1, 0.15) is 406 Å². The van der Waals surface area contributed by atoms with E-state index in [2.05, 4.69) is 43.5 Å². The van der Waals surface area contributed by atoms with Gasteiger partial charge in [-0.1, -0.05) is 359 Å². The van der Waals surface area contributed by atoms with Crippen LogP contribution < -0.4 is 5.32 Å². The van der Waals surface area contributed by atoms with Crippen LogP contribution in [0.15, 0.2) is 24.3 Å². The van der Waals surface area contributed by atoms with Crippen LogP contribution in [-0.2, 0) is 14.3 Å². The third-order valence-corrected chi connectivity index (χ3v) is 17.0. The van der Waals surface area contributed by atoms with Crippen LogP contribution in [0.3, 0.4) is 0 Å². The van der Waals surface area contributed by atoms with Gasteiger partial charge >= 0.3 is 5.97 Å². The van der Waals surface area contributed by atoms with Crippen molar-refractivity contribution in [3.8, 4) is 0 Å². The van der Waals surface area contributed by atoms with Gasteiger partial charge in [-0.2, -0.15) is 0 Å². The molecule has 0 aliphatic heterocycles. The molecule has 2 atom stereocenters. The molecule has 0 radical (unpaired) electrons. The standard InChI is InChI=1S/C73H141NO5/c1-3-5-7-9-11-13-15-17-19-34-39-43-47-51-55-59-63-67-73(78)79-68-64-60-56-52-48-44-40-36-33-31-29-27-25-23-21-22-24-26-28-30-32-35-38-42-46-50-54-58-62-66-72(77)74-70(69-75)71(76)65-61-57-53-49-45-41-37-20-18-16-14-12-10-8-6-4-2/h21,23,27,29,70-71,75-76H,3-20,22,24-26,28,30-69H2,1-2H3,(H,74,77)/b23-21-,29-27-. The highest BCUT2D eigenvalue weighted by molar-refractivity contribution is 5.76. The first-order chi connectivity index (χ1) is 39.0. The molecule has 6 nitrogen and oxygen atoms in total. The van der Waals surface area contributed by atoms with E-state index in [9.17, 15) is 19.8 Å². The van der Waals surface area contributed by atoms with E-state index in [1.54, 1.807) is 0 Å². The number of nitrogens with one attached hydrogen (secondary N) is 1. The Hall–Kier alpha value is -1.66. The fourth-order valence-corrected chi connectivity index (χ4v) is 11.5. The minimum Gasteiger partial charge on any atom is -0.466 e. The monoisotopic (exact) mass is 1110 g/mol. The van der Waals surface area contributed by atoms with Crippen LogP contribution in [0.4, 0.5) is 0 Å². The second-order valence-electron chi connectivity index (χ2n) is 24.9. The van der Waals surface area contributed by atoms with Crippen molar-refractivity contribution in [1.29, 1.82) is 0 Å². The van der Waals surface area contributed by atoms with E-state index in [-0.39, 0.29) is 18.5 Å². The number of esters is 1. The smallest absolute Gasteiger partial charge is 0.305 e. The van der Waals surface area contributed by atoms with Gasteiger partial charge < -0.3 is 20.3 Å². The number of carbonyl (C=O) groups excluding carboxylic acids is 2. The summed E-state index contributed by atoms with van der Waals surface area (Å²) in [5, 5.41) is 23.4. The maximum Gasteiger partial charge on any atom is 0.305 e. The SMILES string of the molecule is CCCCCCCCCCCCCCCCCCCC(=O)OCCCCCCCCCCC/C=C\C/C=C\CCCCCCCCCCCCCCCC(=O)NC(CO)C(O)CCCCCCCCCCCCCCCCCC. The molecule has 0 saturated heterocycles. The van der Waals surface area contributed by atoms with Gasteiger partial charge in [-0.15, -0.1) is 0 Å². The number of aliphatic hydroxyl groups excluding tert-OH is 2. The van der Waals surface area contributed by atoms with Crippen LogP contribution in [0.2, 0.25) is 0 Å². The van der Waals surface area contributed by atoms with Gasteiger partial charge in [0.15, 0.2) is 0 Å². The zero-order chi connectivity index (χ0) is 57.1. The zero-order valence-corrected chi connectivity index (χ0v) is 53.6. The summed E-state index contributed by atoms with van der Waals surface area (Å²) in [4.78, 5) is 24.6. The van der Waals surface area contributed by atoms with E-state index >= 15 is 0 Å². The molecule has 0 saturated carbocycles. The predicted molar refractivity (Wildman–Crippen MR) is 347 cm³/mol. The lowest BCUT2D eigenvalue weighted by atomic mass is 10.0. The Balaban J connectivity index is 3.38. The van der Waals surface area contributed by atoms with Crippen LogP contribution in [0, 0.1) is 0 Å². The first-order valence-electron chi connectivity index (χ1n) is 36.1. The second-order valence-corrected chi connectivity index (χ2v) is 24.9. The normalized spacial score (nSPS) is 12.6. The Morgan fingerprint density at radius 2 is 0.633 bits per heavy atom. The van der Waals surface area contributed by atoms with Gasteiger partial charge in [0.05, 0.1) is 25.4 Å². The highest BCUT2D eigenvalue weighted by Crippen LogP contribution is 2.19. The van der Waals surface area contributed by atoms with Crippen molar-refractivity contribution >= 4 is 11.9 Å². The molecule has 0 bridgehead atoms. The van der Waals surface area contributed by atoms with Crippen LogP contribution >= 0.6 is 0 Å². The molecule has 1 amide bonds. The van der Waals surface area contributed by atoms with E-state index in [0.29, 0.717) is 25.9 Å². The van der Waals surface area contributed by atoms with E-state index in [1.165, 1.54) is 327 Å². The Bertz CT molecular complexity index is 1230. The maximum absolute atomic E-state index is 12.5. The van der Waals surface area contributed by atoms with Crippen molar-refractivity contribution in [2.75, 3.05) is 13.2 Å². The fraction of sp³-hybridized carbons (Fsp3) is 0.918. The number of ether oxygens (including phenoxy) is 1. The second kappa shape index (κ2) is 68.8. The molecule has 0 aromatic rings. The van der Waals surface area contributed by atoms with Gasteiger partial charge in [0.1, 0.15) is 0 Å². The van der Waals surface area contributed by atoms with Gasteiger partial charge in [-0.05, 0) is 57.8 Å². The van der Waals surface area contributed by atoms with E-state index < -0.39 is 12.1 Å². The van der Waals surface area contributed by atoms with Gasteiger partial charge in [0.2, 0.25) is 5.91 Å². The zero-order valence-electron chi connectivity index (χ0n) is 53.6. The van der Waals surface area contributed by atoms with Gasteiger partial charge in [0.25, 0.3) is 0 Å². The molecule has 0 aliphatic carbocycles. The number of rotatable bonds is 68. The highest BCUT2D eigenvalue weighted by Gasteiger charge is 2.20. The number of carbonyl (C=O) groups is 2. The molecule has 0 aliphatic rings. The molecule has 0 rings (SSSR count). The predicted octanol–water partition coefficient (Wildman–Crippen LogP) is 23.3. The molecule has 2 unspecified atom stereocenters. The van der Waals surface area contributed by atoms with Crippen molar-refractivity contribution in [2.24, 2.45) is 0 Å². The van der Waals surface area contributed by atoms with Crippen molar-refractivity contribution in [2.45, 2.75) is 418 Å². The largest absolute Gasteiger partial charge is 0.466 e. The summed E-state index contributed by atoms with van der Waals surface area (Å²) < 4.78 is 5.50. The Morgan fingerprint density at radius 3 is 0.962 bits per heavy atom. The van der Waals surface area contributed by atoms with Gasteiger partial charge in [-0.3, -0.25) is 9.59 Å². The number of unbranched alkanes of at least 4 members (excludes halogenated alkanes) is 53. The first kappa shape index (κ1) is 77.3. The minimum atomic E-state index is -0.665. The topological polar surface area (TPSA) is 95.9 Å². The van der Waals surface area contributed by atoms with Crippen LogP contribution in [-0.4, -0.2) is 47.4 Å². The molecule has 0 heterocycles. The fourth-order valence-electron chi connectivity index (χ4n) is 11.5. The number of aliphatic hydroxyl groups is 2. The summed E-state index contributed by atoms with van der Waals surface area (Å²) in [6, 6.07) is -0.542. The Kier molecular flexibility index (Phi) is 67.4. The third kappa shape index (κ3) is 65.4. The lowest BCUT2D eigenvalue weighted by Crippen LogP contribution is -2.45. The quantitative estimate of drug-likeness (QED) is 0.0320. The first-order valence-corrected chi connectivity index (χ1v) is 36.1. The molecule has 6 heteroatoms. The van der Waals surface area contributed by atoms with Crippen molar-refractivity contribution < 1.29 is 24.5 Å². The van der Waals surface area contributed by atoms with Crippen molar-refractivity contribution in [3.63, 3.8) is 0 Å². The van der Waals surface area contributed by atoms with E-state index in [4.69, 9.17) is 4.74 Å². The molecule has 0 fully saturated rings. The average Bonchev–Trinajstić information content (AvgIpc) is 3.45. The molecule has 79 heavy (non-hydrogen) atoms. The molecule has 468 valence electrons. The maximum atomic E-state index is 12.5. The summed E-state index contributed by atoms with van der Waals surface area (Å²) in [5.74, 6) is -0.0160. The van der Waals surface area contributed by atoms with E-state index in [1.807, 2.05) is 0 Å². The third-order valence-electron chi connectivity index (χ3n) is 17.0. The summed E-state index contributed by atoms with van der Waals surface area (Å²) in [6.45, 7) is 4.99. The van der Waals surface area contributed by atoms with E-state index in [0.717, 1.165) is 44.9 Å². The molecular weight excluding hydrogens is 971 g/mol. The van der Waals surface area contributed by atoms with Gasteiger partial charge in [0, 0.05) is 12.8 Å². The lowest BCUT2D eigenvalue weighted by Gasteiger charge is -2.22. The number of amides is 1. The molecular formula is C73H141NO5. The number of allylic oxidation sites excluding steroid dienone is 4. The molecule has 0 aromatic heterocycles. The Labute approximate surface area is 494 Å². The lowest BCUT2D eigenvalue weighted by molar-refractivity contribution is -0.143. The highest BCUT2D eigenvalue weighted by atomic mass is 16.5. The van der Waals surface area contributed by atoms with Crippen molar-refractivity contribution in [1.82, 2.24) is 5.32 Å². The summed E-state index contributed by atoms with van der Waals surface area (Å²) >= 11 is 0. The molecule has 0 spiro atoms. The Morgan fingerprint density at radius 1 is 0.354 bits per heavy atom. The van der Waals surface area contributed by atoms with Crippen LogP contribution in [0.5, 0.6) is 0 Å². The summed E-state index contributed by atoms with van der Waals surface area (Å²) in [7, 11) is 0. The molecule has 0 aromatic carbocycles.